The second-order valence-corrected chi connectivity index (χ2v) is 7.17. The molecule has 1 aliphatic rings. The van der Waals surface area contributed by atoms with Crippen LogP contribution in [0.3, 0.4) is 0 Å². The van der Waals surface area contributed by atoms with Gasteiger partial charge in [0.1, 0.15) is 0 Å². The van der Waals surface area contributed by atoms with Gasteiger partial charge in [0.2, 0.25) is 0 Å². The van der Waals surface area contributed by atoms with E-state index in [0.717, 1.165) is 17.7 Å². The molecule has 0 aliphatic heterocycles. The van der Waals surface area contributed by atoms with Crippen LogP contribution in [0.5, 0.6) is 0 Å². The van der Waals surface area contributed by atoms with Crippen LogP contribution in [0.4, 0.5) is 5.69 Å². The molecule has 1 N–H and O–H groups in total. The van der Waals surface area contributed by atoms with Crippen molar-refractivity contribution in [2.24, 2.45) is 5.92 Å². The molecule has 1 aliphatic carbocycles. The minimum Gasteiger partial charge on any atom is -0.478 e. The van der Waals surface area contributed by atoms with E-state index in [0.29, 0.717) is 22.5 Å². The van der Waals surface area contributed by atoms with Gasteiger partial charge < -0.3 is 10.0 Å². The fourth-order valence-electron chi connectivity index (χ4n) is 3.46. The minimum atomic E-state index is -0.944. The lowest BCUT2D eigenvalue weighted by Gasteiger charge is -2.25. The molecule has 1 heterocycles. The van der Waals surface area contributed by atoms with E-state index >= 15 is 0 Å². The Bertz CT molecular complexity index is 814. The molecular formula is C20H22ClN3O2. The zero-order chi connectivity index (χ0) is 18.7. The van der Waals surface area contributed by atoms with Gasteiger partial charge in [-0.3, -0.25) is 0 Å². The van der Waals surface area contributed by atoms with Crippen LogP contribution in [0, 0.1) is 5.92 Å². The maximum Gasteiger partial charge on any atom is 0.335 e. The van der Waals surface area contributed by atoms with E-state index in [9.17, 15) is 9.90 Å². The number of carboxylic acid groups (broad SMARTS) is 1. The van der Waals surface area contributed by atoms with E-state index in [-0.39, 0.29) is 5.56 Å². The molecule has 6 heteroatoms. The second-order valence-electron chi connectivity index (χ2n) is 6.73. The summed E-state index contributed by atoms with van der Waals surface area (Å²) in [6, 6.07) is 5.29. The Morgan fingerprint density at radius 2 is 1.96 bits per heavy atom. The zero-order valence-corrected chi connectivity index (χ0v) is 15.5. The van der Waals surface area contributed by atoms with Crippen LogP contribution >= 0.6 is 11.6 Å². The van der Waals surface area contributed by atoms with Crippen molar-refractivity contribution < 1.29 is 9.90 Å². The molecule has 0 bridgehead atoms. The Morgan fingerprint density at radius 3 is 2.58 bits per heavy atom. The number of aromatic carboxylic acids is 1. The summed E-state index contributed by atoms with van der Waals surface area (Å²) in [5.41, 5.74) is 2.81. The smallest absolute Gasteiger partial charge is 0.335 e. The Labute approximate surface area is 158 Å². The van der Waals surface area contributed by atoms with Gasteiger partial charge in [-0.25, -0.2) is 14.8 Å². The summed E-state index contributed by atoms with van der Waals surface area (Å²) in [5.74, 6) is 0.169. The molecule has 0 radical (unpaired) electrons. The first kappa shape index (κ1) is 18.4. The summed E-state index contributed by atoms with van der Waals surface area (Å²) < 4.78 is 0. The van der Waals surface area contributed by atoms with Gasteiger partial charge in [-0.15, -0.1) is 0 Å². The third kappa shape index (κ3) is 4.05. The molecule has 0 saturated heterocycles. The van der Waals surface area contributed by atoms with Crippen LogP contribution in [0.25, 0.3) is 5.70 Å². The molecule has 0 amide bonds. The zero-order valence-electron chi connectivity index (χ0n) is 14.8. The van der Waals surface area contributed by atoms with E-state index in [1.54, 1.807) is 12.1 Å². The van der Waals surface area contributed by atoms with Gasteiger partial charge in [0.25, 0.3) is 0 Å². The van der Waals surface area contributed by atoms with Gasteiger partial charge >= 0.3 is 5.97 Å². The molecule has 1 saturated carbocycles. The van der Waals surface area contributed by atoms with Gasteiger partial charge in [0.05, 0.1) is 16.3 Å². The number of benzene rings is 1. The molecule has 0 unspecified atom stereocenters. The monoisotopic (exact) mass is 371 g/mol. The summed E-state index contributed by atoms with van der Waals surface area (Å²) >= 11 is 5.86. The van der Waals surface area contributed by atoms with Crippen molar-refractivity contribution in [2.45, 2.75) is 32.1 Å². The summed E-state index contributed by atoms with van der Waals surface area (Å²) in [7, 11) is 1.86. The number of hydrogen-bond acceptors (Lipinski definition) is 4. The predicted molar refractivity (Wildman–Crippen MR) is 104 cm³/mol. The number of carbonyl (C=O) groups is 1. The Kier molecular flexibility index (Phi) is 5.57. The summed E-state index contributed by atoms with van der Waals surface area (Å²) in [6.45, 7) is 4.09. The van der Waals surface area contributed by atoms with Crippen LogP contribution in [-0.2, 0) is 6.42 Å². The fraction of sp³-hybridized carbons (Fsp3) is 0.350. The molecular weight excluding hydrogens is 350 g/mol. The van der Waals surface area contributed by atoms with Crippen molar-refractivity contribution in [2.75, 3.05) is 11.9 Å². The Hall–Kier alpha value is -2.40. The lowest BCUT2D eigenvalue weighted by Crippen LogP contribution is -2.19. The lowest BCUT2D eigenvalue weighted by atomic mass is 9.95. The average Bonchev–Trinajstić information content (AvgIpc) is 3.14. The molecule has 2 aromatic rings. The highest BCUT2D eigenvalue weighted by Crippen LogP contribution is 2.33. The van der Waals surface area contributed by atoms with Gasteiger partial charge in [0, 0.05) is 25.1 Å². The first-order valence-corrected chi connectivity index (χ1v) is 9.10. The minimum absolute atomic E-state index is 0.256. The normalized spacial score (nSPS) is 14.4. The van der Waals surface area contributed by atoms with Crippen molar-refractivity contribution in [1.29, 1.82) is 0 Å². The van der Waals surface area contributed by atoms with Crippen LogP contribution in [0.15, 0.2) is 37.2 Å². The number of halogens is 1. The maximum atomic E-state index is 11.4. The number of rotatable bonds is 6. The summed E-state index contributed by atoms with van der Waals surface area (Å²) in [6.07, 6.45) is 8.99. The largest absolute Gasteiger partial charge is 0.478 e. The van der Waals surface area contributed by atoms with Crippen molar-refractivity contribution in [3.8, 4) is 0 Å². The fourth-order valence-corrected chi connectivity index (χ4v) is 3.56. The van der Waals surface area contributed by atoms with E-state index in [2.05, 4.69) is 16.5 Å². The quantitative estimate of drug-likeness (QED) is 0.799. The third-order valence-corrected chi connectivity index (χ3v) is 5.16. The number of hydrogen-bond donors (Lipinski definition) is 1. The van der Waals surface area contributed by atoms with Crippen molar-refractivity contribution in [1.82, 2.24) is 9.97 Å². The molecule has 0 atom stereocenters. The van der Waals surface area contributed by atoms with Crippen LogP contribution in [0.2, 0.25) is 5.02 Å². The molecule has 5 nitrogen and oxygen atoms in total. The second kappa shape index (κ2) is 7.87. The molecule has 136 valence electrons. The standard InChI is InChI=1S/C20H22ClN3O2/c1-13(19-22-11-17(21)12-23-19)24(2)18-10-16(20(25)26)8-7-15(18)9-14-5-3-4-6-14/h7-8,10-12,14H,1,3-6,9H2,2H3,(H,25,26). The van der Waals surface area contributed by atoms with E-state index in [1.807, 2.05) is 18.0 Å². The summed E-state index contributed by atoms with van der Waals surface area (Å²) in [5, 5.41) is 9.83. The maximum absolute atomic E-state index is 11.4. The van der Waals surface area contributed by atoms with Crippen LogP contribution in [0.1, 0.15) is 47.4 Å². The highest BCUT2D eigenvalue weighted by Gasteiger charge is 2.21. The van der Waals surface area contributed by atoms with E-state index in [4.69, 9.17) is 11.6 Å². The molecule has 26 heavy (non-hydrogen) atoms. The number of aromatic nitrogens is 2. The number of anilines is 1. The molecule has 1 fully saturated rings. The highest BCUT2D eigenvalue weighted by molar-refractivity contribution is 6.30. The van der Waals surface area contributed by atoms with Gasteiger partial charge in [-0.1, -0.05) is 49.9 Å². The van der Waals surface area contributed by atoms with Crippen molar-refractivity contribution in [3.05, 3.63) is 59.1 Å². The summed E-state index contributed by atoms with van der Waals surface area (Å²) in [4.78, 5) is 21.7. The first-order valence-electron chi connectivity index (χ1n) is 8.72. The Morgan fingerprint density at radius 1 is 1.31 bits per heavy atom. The SMILES string of the molecule is C=C(c1ncc(Cl)cn1)N(C)c1cc(C(=O)O)ccc1CC1CCCC1. The highest BCUT2D eigenvalue weighted by atomic mass is 35.5. The number of nitrogens with zero attached hydrogens (tertiary/aromatic N) is 3. The van der Waals surface area contributed by atoms with Gasteiger partial charge in [-0.2, -0.15) is 0 Å². The molecule has 1 aromatic heterocycles. The first-order chi connectivity index (χ1) is 12.5. The van der Waals surface area contributed by atoms with Gasteiger partial charge in [0.15, 0.2) is 5.82 Å². The molecule has 1 aromatic carbocycles. The Balaban J connectivity index is 1.93. The van der Waals surface area contributed by atoms with Crippen molar-refractivity contribution in [3.63, 3.8) is 0 Å². The topological polar surface area (TPSA) is 66.3 Å². The molecule has 0 spiro atoms. The van der Waals surface area contributed by atoms with Crippen LogP contribution in [-0.4, -0.2) is 28.1 Å². The molecule has 3 rings (SSSR count). The van der Waals surface area contributed by atoms with Gasteiger partial charge in [-0.05, 0) is 30.0 Å². The lowest BCUT2D eigenvalue weighted by molar-refractivity contribution is 0.0697. The average molecular weight is 372 g/mol. The predicted octanol–water partition coefficient (Wildman–Crippen LogP) is 4.67. The van der Waals surface area contributed by atoms with Crippen LogP contribution < -0.4 is 4.90 Å². The number of carboxylic acids is 1. The van der Waals surface area contributed by atoms with E-state index in [1.165, 1.54) is 38.1 Å². The van der Waals surface area contributed by atoms with E-state index < -0.39 is 5.97 Å². The van der Waals surface area contributed by atoms with Crippen molar-refractivity contribution >= 4 is 29.0 Å². The third-order valence-electron chi connectivity index (χ3n) is 4.96.